The Morgan fingerprint density at radius 3 is 2.73 bits per heavy atom. The third kappa shape index (κ3) is 3.83. The van der Waals surface area contributed by atoms with Gasteiger partial charge in [-0.2, -0.15) is 0 Å². The monoisotopic (exact) mass is 208 g/mol. The van der Waals surface area contributed by atoms with E-state index in [1.165, 1.54) is 0 Å². The summed E-state index contributed by atoms with van der Waals surface area (Å²) in [5.41, 5.74) is 0. The summed E-state index contributed by atoms with van der Waals surface area (Å²) >= 11 is 0. The quantitative estimate of drug-likeness (QED) is 0.557. The average molecular weight is 208 g/mol. The van der Waals surface area contributed by atoms with E-state index in [0.29, 0.717) is 5.92 Å². The van der Waals surface area contributed by atoms with Gasteiger partial charge in [0.1, 0.15) is 0 Å². The second-order valence-corrected chi connectivity index (χ2v) is 4.01. The Balaban J connectivity index is 2.21. The van der Waals surface area contributed by atoms with Crippen molar-refractivity contribution >= 4 is 6.03 Å². The molecule has 0 atom stereocenters. The van der Waals surface area contributed by atoms with Crippen LogP contribution in [0.3, 0.4) is 0 Å². The number of rotatable bonds is 3. The van der Waals surface area contributed by atoms with Crippen molar-refractivity contribution in [2.45, 2.75) is 32.6 Å². The molecule has 1 N–H and O–H groups in total. The number of hydrogen-bond donors (Lipinski definition) is 1. The molecule has 1 saturated heterocycles. The van der Waals surface area contributed by atoms with Crippen LogP contribution in [-0.2, 0) is 0 Å². The highest BCUT2D eigenvalue weighted by atomic mass is 16.2. The molecule has 0 aromatic carbocycles. The number of terminal acetylenes is 1. The van der Waals surface area contributed by atoms with Crippen LogP contribution in [-0.4, -0.2) is 30.6 Å². The Kier molecular flexibility index (Phi) is 5.03. The predicted octanol–water partition coefficient (Wildman–Crippen LogP) is 1.84. The molecule has 15 heavy (non-hydrogen) atoms. The van der Waals surface area contributed by atoms with Crippen LogP contribution in [0.5, 0.6) is 0 Å². The molecule has 84 valence electrons. The van der Waals surface area contributed by atoms with Gasteiger partial charge in [-0.1, -0.05) is 13.3 Å². The van der Waals surface area contributed by atoms with E-state index >= 15 is 0 Å². The van der Waals surface area contributed by atoms with Gasteiger partial charge in [0, 0.05) is 25.6 Å². The molecular weight excluding hydrogens is 188 g/mol. The summed E-state index contributed by atoms with van der Waals surface area (Å²) in [4.78, 5) is 13.5. The number of carbonyl (C=O) groups excluding carboxylic acids is 1. The van der Waals surface area contributed by atoms with Gasteiger partial charge < -0.3 is 10.2 Å². The smallest absolute Gasteiger partial charge is 0.317 e. The molecule has 0 aliphatic carbocycles. The van der Waals surface area contributed by atoms with Crippen molar-refractivity contribution in [2.75, 3.05) is 19.6 Å². The number of nitrogens with zero attached hydrogens (tertiary/aromatic N) is 1. The second-order valence-electron chi connectivity index (χ2n) is 4.01. The van der Waals surface area contributed by atoms with Crippen molar-refractivity contribution < 1.29 is 4.79 Å². The summed E-state index contributed by atoms with van der Waals surface area (Å²) in [6.07, 6.45) is 9.40. The molecule has 3 heteroatoms. The first-order valence-corrected chi connectivity index (χ1v) is 5.76. The van der Waals surface area contributed by atoms with Crippen molar-refractivity contribution in [3.05, 3.63) is 0 Å². The molecule has 1 rings (SSSR count). The Hall–Kier alpha value is -1.17. The zero-order valence-corrected chi connectivity index (χ0v) is 9.46. The third-order valence-electron chi connectivity index (χ3n) is 2.82. The lowest BCUT2D eigenvalue weighted by atomic mass is 9.98. The molecule has 3 nitrogen and oxygen atoms in total. The predicted molar refractivity (Wildman–Crippen MR) is 61.4 cm³/mol. The summed E-state index contributed by atoms with van der Waals surface area (Å²) in [6.45, 7) is 4.49. The Labute approximate surface area is 92.2 Å². The number of hydrogen-bond acceptors (Lipinski definition) is 1. The zero-order valence-electron chi connectivity index (χ0n) is 9.46. The Morgan fingerprint density at radius 2 is 2.20 bits per heavy atom. The van der Waals surface area contributed by atoms with Crippen molar-refractivity contribution in [3.63, 3.8) is 0 Å². The van der Waals surface area contributed by atoms with Gasteiger partial charge in [0.2, 0.25) is 0 Å². The lowest BCUT2D eigenvalue weighted by molar-refractivity contribution is 0.179. The molecule has 1 fully saturated rings. The standard InChI is InChI=1S/C12H20N2O/c1-3-5-8-13-12(15)14-9-6-11(4-2)7-10-14/h2,11H,3,5-10H2,1H3,(H,13,15). The van der Waals surface area contributed by atoms with Gasteiger partial charge in [-0.05, 0) is 19.3 Å². The van der Waals surface area contributed by atoms with E-state index in [-0.39, 0.29) is 6.03 Å². The molecule has 2 amide bonds. The summed E-state index contributed by atoms with van der Waals surface area (Å²) in [5.74, 6) is 3.12. The summed E-state index contributed by atoms with van der Waals surface area (Å²) < 4.78 is 0. The highest BCUT2D eigenvalue weighted by molar-refractivity contribution is 5.74. The zero-order chi connectivity index (χ0) is 11.1. The van der Waals surface area contributed by atoms with Crippen molar-refractivity contribution in [1.82, 2.24) is 10.2 Å². The van der Waals surface area contributed by atoms with Crippen LogP contribution in [0.15, 0.2) is 0 Å². The number of urea groups is 1. The molecule has 0 saturated carbocycles. The maximum absolute atomic E-state index is 11.6. The number of piperidine rings is 1. The fourth-order valence-corrected chi connectivity index (χ4v) is 1.73. The first-order valence-electron chi connectivity index (χ1n) is 5.76. The maximum atomic E-state index is 11.6. The van der Waals surface area contributed by atoms with Gasteiger partial charge in [-0.15, -0.1) is 12.3 Å². The number of amides is 2. The fraction of sp³-hybridized carbons (Fsp3) is 0.750. The molecule has 0 spiro atoms. The molecule has 0 radical (unpaired) electrons. The highest BCUT2D eigenvalue weighted by Gasteiger charge is 2.20. The summed E-state index contributed by atoms with van der Waals surface area (Å²) in [7, 11) is 0. The van der Waals surface area contributed by atoms with Gasteiger partial charge in [-0.25, -0.2) is 4.79 Å². The number of nitrogens with one attached hydrogen (secondary N) is 1. The lowest BCUT2D eigenvalue weighted by Crippen LogP contribution is -2.44. The van der Waals surface area contributed by atoms with Gasteiger partial charge >= 0.3 is 6.03 Å². The van der Waals surface area contributed by atoms with E-state index in [9.17, 15) is 4.79 Å². The second kappa shape index (κ2) is 6.34. The molecule has 0 bridgehead atoms. The normalized spacial score (nSPS) is 17.2. The topological polar surface area (TPSA) is 32.3 Å². The van der Waals surface area contributed by atoms with E-state index < -0.39 is 0 Å². The molecule has 0 unspecified atom stereocenters. The minimum absolute atomic E-state index is 0.0684. The van der Waals surface area contributed by atoms with Gasteiger partial charge in [0.05, 0.1) is 0 Å². The van der Waals surface area contributed by atoms with Crippen LogP contribution in [0.2, 0.25) is 0 Å². The first kappa shape index (κ1) is 11.9. The Morgan fingerprint density at radius 1 is 1.53 bits per heavy atom. The Bertz CT molecular complexity index is 236. The van der Waals surface area contributed by atoms with Crippen LogP contribution in [0, 0.1) is 18.3 Å². The van der Waals surface area contributed by atoms with Crippen LogP contribution < -0.4 is 5.32 Å². The largest absolute Gasteiger partial charge is 0.338 e. The maximum Gasteiger partial charge on any atom is 0.317 e. The van der Waals surface area contributed by atoms with E-state index in [1.807, 2.05) is 4.90 Å². The third-order valence-corrected chi connectivity index (χ3v) is 2.82. The van der Waals surface area contributed by atoms with Crippen molar-refractivity contribution in [3.8, 4) is 12.3 Å². The minimum atomic E-state index is 0.0684. The van der Waals surface area contributed by atoms with Gasteiger partial charge in [-0.3, -0.25) is 0 Å². The molecule has 0 aromatic rings. The van der Waals surface area contributed by atoms with E-state index in [0.717, 1.165) is 45.3 Å². The van der Waals surface area contributed by atoms with Crippen LogP contribution in [0.25, 0.3) is 0 Å². The summed E-state index contributed by atoms with van der Waals surface area (Å²) in [5, 5.41) is 2.92. The molecular formula is C12H20N2O. The average Bonchev–Trinajstić information content (AvgIpc) is 2.29. The van der Waals surface area contributed by atoms with E-state index in [1.54, 1.807) is 0 Å². The SMILES string of the molecule is C#CC1CCN(C(=O)NCCCC)CC1. The van der Waals surface area contributed by atoms with Crippen molar-refractivity contribution in [1.29, 1.82) is 0 Å². The number of likely N-dealkylation sites (tertiary alicyclic amines) is 1. The van der Waals surface area contributed by atoms with Crippen LogP contribution in [0.4, 0.5) is 4.79 Å². The number of carbonyl (C=O) groups is 1. The highest BCUT2D eigenvalue weighted by Crippen LogP contribution is 2.15. The van der Waals surface area contributed by atoms with Crippen molar-refractivity contribution in [2.24, 2.45) is 5.92 Å². The molecule has 0 aromatic heterocycles. The minimum Gasteiger partial charge on any atom is -0.338 e. The lowest BCUT2D eigenvalue weighted by Gasteiger charge is -2.29. The molecule has 1 aliphatic heterocycles. The van der Waals surface area contributed by atoms with Gasteiger partial charge in [0.25, 0.3) is 0 Å². The summed E-state index contributed by atoms with van der Waals surface area (Å²) in [6, 6.07) is 0.0684. The molecule has 1 heterocycles. The fourth-order valence-electron chi connectivity index (χ4n) is 1.73. The first-order chi connectivity index (χ1) is 7.27. The van der Waals surface area contributed by atoms with Crippen LogP contribution >= 0.6 is 0 Å². The number of unbranched alkanes of at least 4 members (excludes halogenated alkanes) is 1. The molecule has 1 aliphatic rings. The van der Waals surface area contributed by atoms with E-state index in [4.69, 9.17) is 6.42 Å². The van der Waals surface area contributed by atoms with Crippen LogP contribution in [0.1, 0.15) is 32.6 Å². The van der Waals surface area contributed by atoms with Gasteiger partial charge in [0.15, 0.2) is 0 Å². The van der Waals surface area contributed by atoms with E-state index in [2.05, 4.69) is 18.2 Å².